The van der Waals surface area contributed by atoms with Crippen LogP contribution in [-0.4, -0.2) is 39.4 Å². The van der Waals surface area contributed by atoms with Crippen LogP contribution in [0, 0.1) is 17.2 Å². The van der Waals surface area contributed by atoms with Gasteiger partial charge in [-0.25, -0.2) is 0 Å². The van der Waals surface area contributed by atoms with Crippen molar-refractivity contribution in [1.82, 2.24) is 4.98 Å². The van der Waals surface area contributed by atoms with E-state index in [4.69, 9.17) is 18.6 Å². The van der Waals surface area contributed by atoms with Gasteiger partial charge in [0.2, 0.25) is 23.2 Å². The maximum atomic E-state index is 9.42. The summed E-state index contributed by atoms with van der Waals surface area (Å²) in [5.74, 6) is 3.30. The normalized spacial score (nSPS) is 14.9. The average molecular weight is 383 g/mol. The third-order valence-electron chi connectivity index (χ3n) is 4.91. The molecule has 0 radical (unpaired) electrons. The Morgan fingerprint density at radius 1 is 1.11 bits per heavy atom. The summed E-state index contributed by atoms with van der Waals surface area (Å²) in [7, 11) is 4.71. The van der Waals surface area contributed by atoms with E-state index >= 15 is 0 Å². The topological polar surface area (TPSA) is 80.8 Å². The number of benzene rings is 1. The summed E-state index contributed by atoms with van der Waals surface area (Å²) in [6, 6.07) is 5.80. The lowest BCUT2D eigenvalue weighted by Gasteiger charge is -2.29. The number of piperidine rings is 1. The van der Waals surface area contributed by atoms with Gasteiger partial charge in [0.25, 0.3) is 0 Å². The monoisotopic (exact) mass is 383 g/mol. The van der Waals surface area contributed by atoms with Crippen LogP contribution in [0.2, 0.25) is 0 Å². The molecule has 0 saturated carbocycles. The van der Waals surface area contributed by atoms with Crippen molar-refractivity contribution in [2.75, 3.05) is 39.3 Å². The summed E-state index contributed by atoms with van der Waals surface area (Å²) in [5.41, 5.74) is 1.15. The largest absolute Gasteiger partial charge is 0.493 e. The number of nitriles is 1. The highest BCUT2D eigenvalue weighted by atomic mass is 16.5. The van der Waals surface area contributed by atoms with Crippen molar-refractivity contribution in [2.45, 2.75) is 19.8 Å². The van der Waals surface area contributed by atoms with Crippen LogP contribution < -0.4 is 19.1 Å². The van der Waals surface area contributed by atoms with Gasteiger partial charge in [-0.15, -0.1) is 0 Å². The Morgan fingerprint density at radius 3 is 2.29 bits per heavy atom. The first-order valence-corrected chi connectivity index (χ1v) is 9.23. The van der Waals surface area contributed by atoms with E-state index in [1.807, 2.05) is 18.2 Å². The molecule has 1 aliphatic rings. The summed E-state index contributed by atoms with van der Waals surface area (Å²) in [5, 5.41) is 9.42. The third-order valence-corrected chi connectivity index (χ3v) is 4.91. The molecular formula is C21H25N3O4. The van der Waals surface area contributed by atoms with E-state index in [0.29, 0.717) is 40.6 Å². The van der Waals surface area contributed by atoms with Gasteiger partial charge in [-0.3, -0.25) is 0 Å². The summed E-state index contributed by atoms with van der Waals surface area (Å²) < 4.78 is 22.0. The number of aromatic nitrogens is 1. The number of oxazole rings is 1. The Labute approximate surface area is 165 Å². The Bertz CT molecular complexity index is 865. The van der Waals surface area contributed by atoms with Crippen molar-refractivity contribution in [3.05, 3.63) is 29.3 Å². The van der Waals surface area contributed by atoms with Gasteiger partial charge in [0.1, 0.15) is 6.07 Å². The molecule has 2 aromatic rings. The summed E-state index contributed by atoms with van der Waals surface area (Å²) in [6.45, 7) is 4.00. The van der Waals surface area contributed by atoms with Gasteiger partial charge < -0.3 is 23.5 Å². The zero-order valence-corrected chi connectivity index (χ0v) is 16.7. The molecule has 0 bridgehead atoms. The fraction of sp³-hybridized carbons (Fsp3) is 0.429. The highest BCUT2D eigenvalue weighted by molar-refractivity contribution is 5.71. The quantitative estimate of drug-likeness (QED) is 0.746. The molecule has 7 heteroatoms. The molecular weight excluding hydrogens is 358 g/mol. The van der Waals surface area contributed by atoms with E-state index in [1.54, 1.807) is 27.4 Å². The molecule has 148 valence electrons. The van der Waals surface area contributed by atoms with E-state index in [2.05, 4.69) is 22.9 Å². The van der Waals surface area contributed by atoms with Crippen LogP contribution in [0.25, 0.3) is 12.2 Å². The van der Waals surface area contributed by atoms with Crippen LogP contribution in [0.4, 0.5) is 5.88 Å². The van der Waals surface area contributed by atoms with Gasteiger partial charge >= 0.3 is 0 Å². The van der Waals surface area contributed by atoms with Gasteiger partial charge in [-0.1, -0.05) is 6.92 Å². The molecule has 0 spiro atoms. The summed E-state index contributed by atoms with van der Waals surface area (Å²) >= 11 is 0. The first-order chi connectivity index (χ1) is 13.6. The van der Waals surface area contributed by atoms with Crippen LogP contribution in [0.1, 0.15) is 36.9 Å². The highest BCUT2D eigenvalue weighted by Crippen LogP contribution is 2.38. The van der Waals surface area contributed by atoms with E-state index < -0.39 is 0 Å². The van der Waals surface area contributed by atoms with Gasteiger partial charge in [0.15, 0.2) is 11.5 Å². The number of methoxy groups -OCH3 is 3. The molecule has 0 amide bonds. The second-order valence-corrected chi connectivity index (χ2v) is 6.78. The zero-order valence-electron chi connectivity index (χ0n) is 16.7. The number of hydrogen-bond acceptors (Lipinski definition) is 7. The molecule has 1 aromatic carbocycles. The molecule has 0 aliphatic carbocycles. The van der Waals surface area contributed by atoms with Crippen LogP contribution in [-0.2, 0) is 0 Å². The van der Waals surface area contributed by atoms with Gasteiger partial charge in [-0.2, -0.15) is 10.2 Å². The van der Waals surface area contributed by atoms with Crippen molar-refractivity contribution in [3.63, 3.8) is 0 Å². The Kier molecular flexibility index (Phi) is 6.09. The van der Waals surface area contributed by atoms with E-state index in [0.717, 1.165) is 31.5 Å². The van der Waals surface area contributed by atoms with Crippen LogP contribution in [0.3, 0.4) is 0 Å². The minimum atomic E-state index is 0.319. The number of hydrogen-bond donors (Lipinski definition) is 0. The molecule has 2 heterocycles. The molecule has 1 saturated heterocycles. The minimum Gasteiger partial charge on any atom is -0.493 e. The van der Waals surface area contributed by atoms with Crippen LogP contribution in [0.5, 0.6) is 17.2 Å². The van der Waals surface area contributed by atoms with Crippen molar-refractivity contribution in [1.29, 1.82) is 5.26 Å². The zero-order chi connectivity index (χ0) is 20.1. The van der Waals surface area contributed by atoms with Crippen molar-refractivity contribution in [3.8, 4) is 23.3 Å². The fourth-order valence-corrected chi connectivity index (χ4v) is 3.26. The minimum absolute atomic E-state index is 0.319. The molecule has 0 unspecified atom stereocenters. The smallest absolute Gasteiger partial charge is 0.235 e. The summed E-state index contributed by atoms with van der Waals surface area (Å²) in [4.78, 5) is 6.41. The molecule has 1 fully saturated rings. The lowest BCUT2D eigenvalue weighted by Crippen LogP contribution is -2.32. The maximum absolute atomic E-state index is 9.42. The first-order valence-electron chi connectivity index (χ1n) is 9.23. The van der Waals surface area contributed by atoms with Crippen LogP contribution in [0.15, 0.2) is 16.5 Å². The lowest BCUT2D eigenvalue weighted by molar-refractivity contribution is 0.324. The predicted octanol–water partition coefficient (Wildman–Crippen LogP) is 3.98. The molecule has 1 aliphatic heterocycles. The van der Waals surface area contributed by atoms with E-state index in [-0.39, 0.29) is 0 Å². The molecule has 7 nitrogen and oxygen atoms in total. The van der Waals surface area contributed by atoms with Crippen molar-refractivity contribution in [2.24, 2.45) is 5.92 Å². The van der Waals surface area contributed by atoms with Gasteiger partial charge in [-0.05, 0) is 42.5 Å². The van der Waals surface area contributed by atoms with Crippen LogP contribution >= 0.6 is 0 Å². The predicted molar refractivity (Wildman–Crippen MR) is 107 cm³/mol. The van der Waals surface area contributed by atoms with Gasteiger partial charge in [0.05, 0.1) is 21.3 Å². The van der Waals surface area contributed by atoms with Crippen molar-refractivity contribution >= 4 is 18.0 Å². The first kappa shape index (κ1) is 19.6. The second-order valence-electron chi connectivity index (χ2n) is 6.78. The molecule has 1 aromatic heterocycles. The van der Waals surface area contributed by atoms with Crippen molar-refractivity contribution < 1.29 is 18.6 Å². The Morgan fingerprint density at radius 2 is 1.75 bits per heavy atom. The standard InChI is InChI=1S/C21H25N3O4/c1-14-7-9-24(10-8-14)21-16(13-22)23-19(28-21)6-5-15-11-17(25-2)20(27-4)18(12-15)26-3/h5-6,11-12,14H,7-10H2,1-4H3. The van der Waals surface area contributed by atoms with Gasteiger partial charge in [0, 0.05) is 19.2 Å². The van der Waals surface area contributed by atoms with E-state index in [9.17, 15) is 5.26 Å². The molecule has 28 heavy (non-hydrogen) atoms. The highest BCUT2D eigenvalue weighted by Gasteiger charge is 2.23. The molecule has 0 N–H and O–H groups in total. The average Bonchev–Trinajstić information content (AvgIpc) is 3.15. The van der Waals surface area contributed by atoms with E-state index in [1.165, 1.54) is 0 Å². The summed E-state index contributed by atoms with van der Waals surface area (Å²) in [6.07, 6.45) is 5.74. The Hall–Kier alpha value is -3.14. The Balaban J connectivity index is 1.86. The SMILES string of the molecule is COc1cc(C=Cc2nc(C#N)c(N3CCC(C)CC3)o2)cc(OC)c1OC. The third kappa shape index (κ3) is 4.06. The number of rotatable bonds is 6. The fourth-order valence-electron chi connectivity index (χ4n) is 3.26. The number of anilines is 1. The second kappa shape index (κ2) is 8.70. The lowest BCUT2D eigenvalue weighted by atomic mass is 9.99. The maximum Gasteiger partial charge on any atom is 0.235 e. The number of nitrogens with zero attached hydrogens (tertiary/aromatic N) is 3. The number of ether oxygens (including phenoxy) is 3. The molecule has 3 rings (SSSR count). The molecule has 0 atom stereocenters.